The molecule has 2 N–H and O–H groups in total. The van der Waals surface area contributed by atoms with Crippen molar-refractivity contribution in [1.82, 2.24) is 9.97 Å². The molecule has 1 amide bonds. The van der Waals surface area contributed by atoms with Gasteiger partial charge in [-0.05, 0) is 76.4 Å². The highest BCUT2D eigenvalue weighted by Crippen LogP contribution is 2.53. The number of aliphatic hydroxyl groups is 1. The number of hydrogen-bond acceptors (Lipinski definition) is 9. The first-order valence-electron chi connectivity index (χ1n) is 13.8. The van der Waals surface area contributed by atoms with Crippen molar-refractivity contribution >= 4 is 27.4 Å². The van der Waals surface area contributed by atoms with E-state index in [4.69, 9.17) is 19.4 Å². The third-order valence-corrected chi connectivity index (χ3v) is 10.0. The number of amides is 1. The minimum atomic E-state index is -3.60. The van der Waals surface area contributed by atoms with Crippen molar-refractivity contribution in [3.05, 3.63) is 66.4 Å². The molecule has 2 fully saturated rings. The number of carbonyl (C=O) groups excluding carboxylic acids is 1. The Bertz CT molecular complexity index is 1490. The Morgan fingerprint density at radius 2 is 1.85 bits per heavy atom. The van der Waals surface area contributed by atoms with Gasteiger partial charge in [-0.2, -0.15) is 0 Å². The summed E-state index contributed by atoms with van der Waals surface area (Å²) in [6.07, 6.45) is 0.478. The fraction of sp³-hybridized carbons (Fsp3) is 0.433. The van der Waals surface area contributed by atoms with Gasteiger partial charge in [0, 0.05) is 23.9 Å². The average Bonchev–Trinajstić information content (AvgIpc) is 3.76. The predicted molar refractivity (Wildman–Crippen MR) is 157 cm³/mol. The van der Waals surface area contributed by atoms with E-state index < -0.39 is 26.3 Å². The van der Waals surface area contributed by atoms with Gasteiger partial charge in [-0.3, -0.25) is 5.32 Å². The number of ether oxygens (including phenoxy) is 2. The zero-order valence-electron chi connectivity index (χ0n) is 23.5. The van der Waals surface area contributed by atoms with Crippen LogP contribution in [0.2, 0.25) is 0 Å². The van der Waals surface area contributed by atoms with E-state index in [-0.39, 0.29) is 18.2 Å². The highest BCUT2D eigenvalue weighted by molar-refractivity contribution is 7.92. The van der Waals surface area contributed by atoms with Crippen LogP contribution < -0.4 is 15.0 Å². The van der Waals surface area contributed by atoms with Crippen molar-refractivity contribution in [1.29, 1.82) is 0 Å². The maximum Gasteiger partial charge on any atom is 0.417 e. The Labute approximate surface area is 240 Å². The molecule has 2 aliphatic rings. The number of sulfone groups is 1. The number of morpholine rings is 1. The quantitative estimate of drug-likeness (QED) is 0.374. The zero-order chi connectivity index (χ0) is 29.3. The maximum absolute atomic E-state index is 13.6. The monoisotopic (exact) mass is 580 g/mol. The molecule has 0 bridgehead atoms. The summed E-state index contributed by atoms with van der Waals surface area (Å²) >= 11 is 0. The van der Waals surface area contributed by atoms with Crippen molar-refractivity contribution in [3.8, 4) is 17.1 Å². The Kier molecular flexibility index (Phi) is 8.04. The molecule has 3 aromatic rings. The van der Waals surface area contributed by atoms with E-state index in [9.17, 15) is 18.3 Å². The van der Waals surface area contributed by atoms with Crippen LogP contribution >= 0.6 is 0 Å². The first kappa shape index (κ1) is 29.0. The fourth-order valence-electron chi connectivity index (χ4n) is 4.87. The summed E-state index contributed by atoms with van der Waals surface area (Å²) in [5.74, 6) is 1.36. The van der Waals surface area contributed by atoms with E-state index in [2.05, 4.69) is 10.2 Å². The molecule has 0 spiro atoms. The van der Waals surface area contributed by atoms with Gasteiger partial charge in [-0.1, -0.05) is 18.2 Å². The summed E-state index contributed by atoms with van der Waals surface area (Å²) in [6.45, 7) is 6.99. The molecule has 1 atom stereocenters. The molecular weight excluding hydrogens is 544 g/mol. The van der Waals surface area contributed by atoms with Gasteiger partial charge < -0.3 is 19.5 Å². The summed E-state index contributed by atoms with van der Waals surface area (Å²) in [5, 5.41) is 12.9. The Morgan fingerprint density at radius 3 is 2.49 bits per heavy atom. The van der Waals surface area contributed by atoms with Crippen molar-refractivity contribution in [2.45, 2.75) is 56.4 Å². The molecule has 0 radical (unpaired) electrons. The highest BCUT2D eigenvalue weighted by atomic mass is 32.2. The Morgan fingerprint density at radius 1 is 1.15 bits per heavy atom. The van der Waals surface area contributed by atoms with E-state index >= 15 is 0 Å². The minimum Gasteiger partial charge on any atom is -0.410 e. The number of carbonyl (C=O) groups is 1. The number of benzene rings is 2. The maximum atomic E-state index is 13.6. The summed E-state index contributed by atoms with van der Waals surface area (Å²) < 4.78 is 37.0. The van der Waals surface area contributed by atoms with Gasteiger partial charge in [-0.15, -0.1) is 0 Å². The third kappa shape index (κ3) is 6.69. The molecule has 11 heteroatoms. The number of aromatic nitrogens is 2. The van der Waals surface area contributed by atoms with Crippen LogP contribution in [0.15, 0.2) is 60.7 Å². The van der Waals surface area contributed by atoms with Crippen molar-refractivity contribution < 1.29 is 27.8 Å². The molecule has 218 valence electrons. The summed E-state index contributed by atoms with van der Waals surface area (Å²) in [5.41, 5.74) is 0.597. The smallest absolute Gasteiger partial charge is 0.410 e. The van der Waals surface area contributed by atoms with E-state index in [0.717, 1.165) is 0 Å². The van der Waals surface area contributed by atoms with Gasteiger partial charge in [0.25, 0.3) is 0 Å². The first-order chi connectivity index (χ1) is 19.5. The lowest BCUT2D eigenvalue weighted by Crippen LogP contribution is -2.44. The second-order valence-corrected chi connectivity index (χ2v) is 13.8. The third-order valence-electron chi connectivity index (χ3n) is 7.47. The average molecular weight is 581 g/mol. The molecule has 2 heterocycles. The molecule has 5 rings (SSSR count). The van der Waals surface area contributed by atoms with Crippen molar-refractivity contribution in [2.24, 2.45) is 0 Å². The van der Waals surface area contributed by atoms with Crippen LogP contribution in [0, 0.1) is 0 Å². The van der Waals surface area contributed by atoms with Gasteiger partial charge in [0.05, 0.1) is 36.3 Å². The van der Waals surface area contributed by atoms with Gasteiger partial charge >= 0.3 is 6.09 Å². The van der Waals surface area contributed by atoms with Crippen LogP contribution in [0.25, 0.3) is 11.4 Å². The minimum absolute atomic E-state index is 0.0588. The lowest BCUT2D eigenvalue weighted by atomic mass is 10.1. The molecule has 0 unspecified atom stereocenters. The molecule has 2 aromatic carbocycles. The molecule has 1 aliphatic heterocycles. The van der Waals surface area contributed by atoms with E-state index in [0.29, 0.717) is 66.9 Å². The molecule has 10 nitrogen and oxygen atoms in total. The number of para-hydroxylation sites is 1. The normalized spacial score (nSPS) is 18.5. The summed E-state index contributed by atoms with van der Waals surface area (Å²) in [6, 6.07) is 17.7. The van der Waals surface area contributed by atoms with Crippen LogP contribution in [-0.2, 0) is 19.3 Å². The standard InChI is InChI=1S/C30H36N4O6S/c1-21-20-39-17-16-34(21)26-19-25(30(13-14-30)41(37,38)18-15-29(2,3)36)32-27(33-26)22-9-11-23(12-10-22)31-28(35)40-24-7-5-4-6-8-24/h4-12,19,21,36H,13-18,20H2,1-3H3,(H,31,35)/t21-/m0/s1. The highest BCUT2D eigenvalue weighted by Gasteiger charge is 2.57. The summed E-state index contributed by atoms with van der Waals surface area (Å²) in [4.78, 5) is 24.1. The first-order valence-corrected chi connectivity index (χ1v) is 15.4. The lowest BCUT2D eigenvalue weighted by Gasteiger charge is -2.35. The SMILES string of the molecule is C[C@H]1COCCN1c1cc(C2(S(=O)(=O)CCC(C)(C)O)CC2)nc(-c2ccc(NC(=O)Oc3ccccc3)cc2)n1. The number of anilines is 2. The molecular formula is C30H36N4O6S. The molecule has 1 aromatic heterocycles. The lowest BCUT2D eigenvalue weighted by molar-refractivity contribution is 0.0771. The van der Waals surface area contributed by atoms with Crippen LogP contribution in [0.1, 0.15) is 45.7 Å². The van der Waals surface area contributed by atoms with Crippen molar-refractivity contribution in [2.75, 3.05) is 35.7 Å². The van der Waals surface area contributed by atoms with Gasteiger partial charge in [0.15, 0.2) is 15.7 Å². The number of nitrogens with zero attached hydrogens (tertiary/aromatic N) is 3. The second-order valence-electron chi connectivity index (χ2n) is 11.3. The Balaban J connectivity index is 1.44. The van der Waals surface area contributed by atoms with Crippen LogP contribution in [0.5, 0.6) is 5.75 Å². The van der Waals surface area contributed by atoms with E-state index in [1.54, 1.807) is 68.4 Å². The molecule has 1 saturated heterocycles. The van der Waals surface area contributed by atoms with Crippen LogP contribution in [0.4, 0.5) is 16.3 Å². The Hall–Kier alpha value is -3.54. The van der Waals surface area contributed by atoms with E-state index in [1.807, 2.05) is 13.0 Å². The van der Waals surface area contributed by atoms with Crippen LogP contribution in [0.3, 0.4) is 0 Å². The zero-order valence-corrected chi connectivity index (χ0v) is 24.4. The molecule has 1 saturated carbocycles. The van der Waals surface area contributed by atoms with Crippen LogP contribution in [-0.4, -0.2) is 66.7 Å². The molecule has 41 heavy (non-hydrogen) atoms. The van der Waals surface area contributed by atoms with Crippen molar-refractivity contribution in [3.63, 3.8) is 0 Å². The predicted octanol–water partition coefficient (Wildman–Crippen LogP) is 4.54. The topological polar surface area (TPSA) is 131 Å². The molecule has 1 aliphatic carbocycles. The summed E-state index contributed by atoms with van der Waals surface area (Å²) in [7, 11) is -3.60. The van der Waals surface area contributed by atoms with Gasteiger partial charge in [-0.25, -0.2) is 23.2 Å². The number of nitrogens with one attached hydrogen (secondary N) is 1. The number of rotatable bonds is 9. The second kappa shape index (κ2) is 11.4. The fourth-order valence-corrected chi connectivity index (χ4v) is 7.18. The van der Waals surface area contributed by atoms with Gasteiger partial charge in [0.2, 0.25) is 0 Å². The largest absolute Gasteiger partial charge is 0.417 e. The van der Waals surface area contributed by atoms with E-state index in [1.165, 1.54) is 0 Å². The number of hydrogen-bond donors (Lipinski definition) is 2. The van der Waals surface area contributed by atoms with Gasteiger partial charge in [0.1, 0.15) is 16.3 Å².